The van der Waals surface area contributed by atoms with Gasteiger partial charge in [-0.2, -0.15) is 0 Å². The van der Waals surface area contributed by atoms with Crippen molar-refractivity contribution in [3.63, 3.8) is 0 Å². The summed E-state index contributed by atoms with van der Waals surface area (Å²) in [4.78, 5) is 0. The molecule has 2 heteroatoms. The predicted molar refractivity (Wildman–Crippen MR) is 65.6 cm³/mol. The minimum absolute atomic E-state index is 0.0125. The molecule has 0 heterocycles. The third-order valence-corrected chi connectivity index (χ3v) is 2.28. The molecule has 0 aliphatic carbocycles. The summed E-state index contributed by atoms with van der Waals surface area (Å²) in [7, 11) is 0. The molecule has 1 unspecified atom stereocenters. The van der Waals surface area contributed by atoms with Crippen molar-refractivity contribution in [2.45, 2.75) is 38.7 Å². The zero-order valence-corrected chi connectivity index (χ0v) is 10.4. The van der Waals surface area contributed by atoms with Crippen molar-refractivity contribution >= 4 is 15.9 Å². The van der Waals surface area contributed by atoms with Gasteiger partial charge < -0.3 is 4.74 Å². The van der Waals surface area contributed by atoms with Crippen LogP contribution >= 0.6 is 15.9 Å². The van der Waals surface area contributed by atoms with E-state index in [1.165, 1.54) is 12.8 Å². The summed E-state index contributed by atoms with van der Waals surface area (Å²) in [5, 5.41) is 0.868. The molecule has 80 valence electrons. The number of rotatable bonds is 8. The van der Waals surface area contributed by atoms with Gasteiger partial charge in [0.05, 0.1) is 6.61 Å². The first-order chi connectivity index (χ1) is 6.85. The Balaban J connectivity index is 3.49. The maximum atomic E-state index is 5.50. The van der Waals surface area contributed by atoms with Crippen LogP contribution in [0.1, 0.15) is 32.6 Å². The molecule has 14 heavy (non-hydrogen) atoms. The fraction of sp³-hybridized carbons (Fsp3) is 0.667. The van der Waals surface area contributed by atoms with Crippen LogP contribution in [-0.2, 0) is 4.74 Å². The van der Waals surface area contributed by atoms with Gasteiger partial charge in [0.1, 0.15) is 6.10 Å². The molecular weight excluding hydrogens is 240 g/mol. The second kappa shape index (κ2) is 10.8. The van der Waals surface area contributed by atoms with Crippen molar-refractivity contribution in [1.29, 1.82) is 0 Å². The third-order valence-electron chi connectivity index (χ3n) is 1.91. The maximum absolute atomic E-state index is 5.50. The minimum atomic E-state index is -0.0125. The molecule has 0 aromatic rings. The summed E-state index contributed by atoms with van der Waals surface area (Å²) >= 11 is 3.30. The molecule has 0 N–H and O–H groups in total. The first kappa shape index (κ1) is 13.7. The zero-order valence-electron chi connectivity index (χ0n) is 8.84. The van der Waals surface area contributed by atoms with Crippen LogP contribution in [0.25, 0.3) is 0 Å². The molecule has 0 saturated heterocycles. The van der Waals surface area contributed by atoms with E-state index in [1.54, 1.807) is 0 Å². The number of ether oxygens (including phenoxy) is 1. The van der Waals surface area contributed by atoms with Crippen molar-refractivity contribution in [1.82, 2.24) is 0 Å². The predicted octanol–water partition coefficient (Wildman–Crippen LogP) is 3.54. The van der Waals surface area contributed by atoms with E-state index in [1.807, 2.05) is 12.2 Å². The van der Waals surface area contributed by atoms with E-state index in [-0.39, 0.29) is 6.10 Å². The van der Waals surface area contributed by atoms with Crippen LogP contribution in [0, 0.1) is 12.3 Å². The third kappa shape index (κ3) is 8.34. The van der Waals surface area contributed by atoms with Crippen LogP contribution in [-0.4, -0.2) is 18.0 Å². The molecule has 0 bridgehead atoms. The van der Waals surface area contributed by atoms with Gasteiger partial charge >= 0.3 is 0 Å². The molecule has 0 aromatic carbocycles. The summed E-state index contributed by atoms with van der Waals surface area (Å²) in [5.74, 6) is 2.67. The molecule has 0 aromatic heterocycles. The maximum Gasteiger partial charge on any atom is 0.118 e. The van der Waals surface area contributed by atoms with Crippen LogP contribution in [0.15, 0.2) is 12.2 Å². The molecule has 0 aliphatic rings. The lowest BCUT2D eigenvalue weighted by molar-refractivity contribution is 0.107. The van der Waals surface area contributed by atoms with Crippen LogP contribution in [0.5, 0.6) is 0 Å². The van der Waals surface area contributed by atoms with Crippen molar-refractivity contribution in [2.24, 2.45) is 0 Å². The first-order valence-corrected chi connectivity index (χ1v) is 6.26. The first-order valence-electron chi connectivity index (χ1n) is 5.13. The highest BCUT2D eigenvalue weighted by Gasteiger charge is 2.02. The van der Waals surface area contributed by atoms with Gasteiger partial charge in [0.15, 0.2) is 0 Å². The Hall–Kier alpha value is -0.260. The summed E-state index contributed by atoms with van der Waals surface area (Å²) in [6, 6.07) is 0. The molecule has 0 spiro atoms. The monoisotopic (exact) mass is 258 g/mol. The number of alkyl halides is 1. The van der Waals surface area contributed by atoms with E-state index >= 15 is 0 Å². The quantitative estimate of drug-likeness (QED) is 0.280. The number of unbranched alkanes of at least 4 members (excludes halogenated alkanes) is 2. The summed E-state index contributed by atoms with van der Waals surface area (Å²) in [5.41, 5.74) is 0. The van der Waals surface area contributed by atoms with Gasteiger partial charge in [0, 0.05) is 5.33 Å². The second-order valence-corrected chi connectivity index (χ2v) is 3.76. The van der Waals surface area contributed by atoms with Crippen LogP contribution in [0.4, 0.5) is 0 Å². The van der Waals surface area contributed by atoms with E-state index in [0.717, 1.165) is 18.2 Å². The lowest BCUT2D eigenvalue weighted by Gasteiger charge is -2.09. The smallest absolute Gasteiger partial charge is 0.118 e. The topological polar surface area (TPSA) is 9.23 Å². The number of hydrogen-bond donors (Lipinski definition) is 0. The molecule has 0 amide bonds. The van der Waals surface area contributed by atoms with Gasteiger partial charge in [0.2, 0.25) is 0 Å². The largest absolute Gasteiger partial charge is 0.361 e. The van der Waals surface area contributed by atoms with Gasteiger partial charge in [-0.05, 0) is 12.8 Å². The van der Waals surface area contributed by atoms with E-state index in [9.17, 15) is 0 Å². The van der Waals surface area contributed by atoms with E-state index < -0.39 is 0 Å². The number of halogens is 1. The normalized spacial score (nSPS) is 12.9. The lowest BCUT2D eigenvalue weighted by atomic mass is 10.1. The van der Waals surface area contributed by atoms with Crippen LogP contribution in [0.2, 0.25) is 0 Å². The molecule has 1 nitrogen and oxygen atoms in total. The van der Waals surface area contributed by atoms with Crippen molar-refractivity contribution in [2.75, 3.05) is 11.9 Å². The Kier molecular flexibility index (Phi) is 10.6. The van der Waals surface area contributed by atoms with Crippen LogP contribution < -0.4 is 0 Å². The van der Waals surface area contributed by atoms with Crippen molar-refractivity contribution in [3.05, 3.63) is 12.2 Å². The second-order valence-electron chi connectivity index (χ2n) is 3.11. The zero-order chi connectivity index (χ0) is 10.6. The standard InChI is InChI=1S/C12H19BrO/c1-3-5-6-9-12(4-2)14-11-8-7-10-13/h2,7-8,12H,3,5-6,9-11H2,1H3/b8-7+. The number of allylic oxidation sites excluding steroid dienone is 1. The fourth-order valence-corrected chi connectivity index (χ4v) is 1.36. The Morgan fingerprint density at radius 2 is 2.21 bits per heavy atom. The highest BCUT2D eigenvalue weighted by molar-refractivity contribution is 9.09. The summed E-state index contributed by atoms with van der Waals surface area (Å²) in [6.07, 6.45) is 13.9. The van der Waals surface area contributed by atoms with Crippen molar-refractivity contribution in [3.8, 4) is 12.3 Å². The average molecular weight is 259 g/mol. The molecule has 0 aliphatic heterocycles. The molecule has 0 rings (SSSR count). The van der Waals surface area contributed by atoms with Gasteiger partial charge in [0.25, 0.3) is 0 Å². The van der Waals surface area contributed by atoms with Gasteiger partial charge in [-0.3, -0.25) is 0 Å². The molecule has 1 atom stereocenters. The highest BCUT2D eigenvalue weighted by atomic mass is 79.9. The van der Waals surface area contributed by atoms with Crippen molar-refractivity contribution < 1.29 is 4.74 Å². The SMILES string of the molecule is C#CC(CCCCC)OC/C=C/CBr. The Morgan fingerprint density at radius 3 is 2.79 bits per heavy atom. The molecular formula is C12H19BrO. The van der Waals surface area contributed by atoms with Crippen LogP contribution in [0.3, 0.4) is 0 Å². The Labute approximate surface area is 96.0 Å². The van der Waals surface area contributed by atoms with E-state index in [4.69, 9.17) is 11.2 Å². The molecule has 0 radical (unpaired) electrons. The van der Waals surface area contributed by atoms with Gasteiger partial charge in [-0.15, -0.1) is 6.42 Å². The Morgan fingerprint density at radius 1 is 1.43 bits per heavy atom. The summed E-state index contributed by atoms with van der Waals surface area (Å²) < 4.78 is 5.50. The molecule has 0 fully saturated rings. The fourth-order valence-electron chi connectivity index (χ4n) is 1.10. The molecule has 0 saturated carbocycles. The highest BCUT2D eigenvalue weighted by Crippen LogP contribution is 2.05. The number of terminal acetylenes is 1. The average Bonchev–Trinajstić information content (AvgIpc) is 2.22. The van der Waals surface area contributed by atoms with E-state index in [2.05, 4.69) is 28.8 Å². The Bertz CT molecular complexity index is 181. The lowest BCUT2D eigenvalue weighted by Crippen LogP contribution is -2.10. The minimum Gasteiger partial charge on any atom is -0.361 e. The van der Waals surface area contributed by atoms with E-state index in [0.29, 0.717) is 6.61 Å². The van der Waals surface area contributed by atoms with Gasteiger partial charge in [-0.1, -0.05) is 53.8 Å². The number of hydrogen-bond acceptors (Lipinski definition) is 1. The summed E-state index contributed by atoms with van der Waals surface area (Å²) in [6.45, 7) is 2.80. The van der Waals surface area contributed by atoms with Gasteiger partial charge in [-0.25, -0.2) is 0 Å².